The Morgan fingerprint density at radius 2 is 2.15 bits per heavy atom. The third kappa shape index (κ3) is 3.03. The predicted octanol–water partition coefficient (Wildman–Crippen LogP) is 1.16. The van der Waals surface area contributed by atoms with E-state index in [1.165, 1.54) is 0 Å². The molecule has 0 atom stereocenters. The fourth-order valence-electron chi connectivity index (χ4n) is 1.51. The third-order valence-corrected chi connectivity index (χ3v) is 3.93. The van der Waals surface area contributed by atoms with Crippen LogP contribution in [0.15, 0.2) is 40.1 Å². The molecule has 0 aromatic carbocycles. The van der Waals surface area contributed by atoms with Gasteiger partial charge in [-0.1, -0.05) is 0 Å². The molecule has 0 spiro atoms. The number of carboxylic acids is 1. The largest absolute Gasteiger partial charge is 0.475 e. The Hall–Kier alpha value is -2.19. The molecule has 0 radical (unpaired) electrons. The van der Waals surface area contributed by atoms with Crippen molar-refractivity contribution in [2.75, 3.05) is 0 Å². The summed E-state index contributed by atoms with van der Waals surface area (Å²) < 4.78 is 31.0. The number of nitrogens with one attached hydrogen (secondary N) is 1. The highest BCUT2D eigenvalue weighted by molar-refractivity contribution is 7.89. The van der Waals surface area contributed by atoms with Gasteiger partial charge in [0.25, 0.3) is 10.0 Å². The zero-order valence-electron chi connectivity index (χ0n) is 10.5. The smallest absolute Gasteiger partial charge is 0.371 e. The fraction of sp³-hybridized carbons (Fsp3) is 0.167. The van der Waals surface area contributed by atoms with Crippen molar-refractivity contribution in [3.8, 4) is 0 Å². The van der Waals surface area contributed by atoms with Crippen LogP contribution in [0.5, 0.6) is 0 Å². The Morgan fingerprint density at radius 3 is 2.75 bits per heavy atom. The van der Waals surface area contributed by atoms with E-state index in [4.69, 9.17) is 9.52 Å². The molecule has 2 N–H and O–H groups in total. The molecule has 0 bridgehead atoms. The molecule has 7 nitrogen and oxygen atoms in total. The molecular weight excluding hydrogens is 284 g/mol. The summed E-state index contributed by atoms with van der Waals surface area (Å²) in [6.07, 6.45) is 3.17. The van der Waals surface area contributed by atoms with Crippen LogP contribution in [-0.2, 0) is 16.6 Å². The number of hydrogen-bond donors (Lipinski definition) is 2. The molecule has 0 aliphatic heterocycles. The highest BCUT2D eigenvalue weighted by Crippen LogP contribution is 2.14. The minimum absolute atomic E-state index is 0.0467. The first-order chi connectivity index (χ1) is 9.40. The lowest BCUT2D eigenvalue weighted by Crippen LogP contribution is -2.23. The number of aryl methyl sites for hydroxylation is 1. The average Bonchev–Trinajstić information content (AvgIpc) is 2.88. The zero-order valence-corrected chi connectivity index (χ0v) is 11.3. The number of carbonyl (C=O) groups is 1. The Labute approximate surface area is 115 Å². The average molecular weight is 296 g/mol. The predicted molar refractivity (Wildman–Crippen MR) is 68.7 cm³/mol. The van der Waals surface area contributed by atoms with E-state index in [-0.39, 0.29) is 6.54 Å². The van der Waals surface area contributed by atoms with Gasteiger partial charge in [-0.05, 0) is 36.2 Å². The molecule has 2 rings (SSSR count). The highest BCUT2D eigenvalue weighted by atomic mass is 32.2. The number of aromatic carboxylic acids is 1. The monoisotopic (exact) mass is 296 g/mol. The summed E-state index contributed by atoms with van der Waals surface area (Å²) in [5.74, 6) is -1.75. The standard InChI is InChI=1S/C12H12N2O5S/c1-8-4-5-13-6-9(8)7-14-20(17,18)11-3-2-10(19-11)12(15)16/h2-6,14H,7H2,1H3,(H,15,16). The van der Waals surface area contributed by atoms with Crippen LogP contribution in [0.3, 0.4) is 0 Å². The van der Waals surface area contributed by atoms with E-state index < -0.39 is 26.8 Å². The molecule has 8 heteroatoms. The molecule has 2 heterocycles. The van der Waals surface area contributed by atoms with Crippen LogP contribution in [0.2, 0.25) is 0 Å². The van der Waals surface area contributed by atoms with Crippen molar-refractivity contribution in [3.63, 3.8) is 0 Å². The van der Waals surface area contributed by atoms with Gasteiger partial charge in [-0.15, -0.1) is 0 Å². The Morgan fingerprint density at radius 1 is 1.40 bits per heavy atom. The van der Waals surface area contributed by atoms with Crippen LogP contribution >= 0.6 is 0 Å². The molecule has 0 aliphatic rings. The topological polar surface area (TPSA) is 110 Å². The normalized spacial score (nSPS) is 11.4. The van der Waals surface area contributed by atoms with Crippen LogP contribution in [0, 0.1) is 6.92 Å². The molecule has 2 aromatic heterocycles. The number of furan rings is 1. The zero-order chi connectivity index (χ0) is 14.8. The van der Waals surface area contributed by atoms with Gasteiger partial charge < -0.3 is 9.52 Å². The molecule has 0 saturated carbocycles. The van der Waals surface area contributed by atoms with Crippen LogP contribution in [0.25, 0.3) is 0 Å². The summed E-state index contributed by atoms with van der Waals surface area (Å²) in [6.45, 7) is 1.88. The summed E-state index contributed by atoms with van der Waals surface area (Å²) in [5, 5.41) is 8.26. The fourth-order valence-corrected chi connectivity index (χ4v) is 2.44. The van der Waals surface area contributed by atoms with Crippen molar-refractivity contribution in [1.82, 2.24) is 9.71 Å². The molecule has 0 fully saturated rings. The Kier molecular flexibility index (Phi) is 3.86. The summed E-state index contributed by atoms with van der Waals surface area (Å²) >= 11 is 0. The molecule has 106 valence electrons. The minimum atomic E-state index is -3.90. The van der Waals surface area contributed by atoms with Crippen molar-refractivity contribution in [2.24, 2.45) is 0 Å². The lowest BCUT2D eigenvalue weighted by atomic mass is 10.2. The van der Waals surface area contributed by atoms with E-state index in [0.717, 1.165) is 23.3 Å². The number of aromatic nitrogens is 1. The van der Waals surface area contributed by atoms with E-state index in [1.54, 1.807) is 18.5 Å². The maximum atomic E-state index is 11.9. The van der Waals surface area contributed by atoms with Crippen molar-refractivity contribution >= 4 is 16.0 Å². The lowest BCUT2D eigenvalue weighted by molar-refractivity contribution is 0.0656. The van der Waals surface area contributed by atoms with Gasteiger partial charge in [0, 0.05) is 18.9 Å². The van der Waals surface area contributed by atoms with Gasteiger partial charge in [-0.2, -0.15) is 0 Å². The Bertz CT molecular complexity index is 736. The van der Waals surface area contributed by atoms with E-state index in [9.17, 15) is 13.2 Å². The number of nitrogens with zero attached hydrogens (tertiary/aromatic N) is 1. The van der Waals surface area contributed by atoms with Gasteiger partial charge >= 0.3 is 5.97 Å². The molecule has 0 aliphatic carbocycles. The van der Waals surface area contributed by atoms with Crippen molar-refractivity contribution in [2.45, 2.75) is 18.6 Å². The quantitative estimate of drug-likeness (QED) is 0.856. The van der Waals surface area contributed by atoms with Gasteiger partial charge in [0.05, 0.1) is 0 Å². The Balaban J connectivity index is 2.15. The first-order valence-electron chi connectivity index (χ1n) is 5.62. The summed E-state index contributed by atoms with van der Waals surface area (Å²) in [7, 11) is -3.90. The van der Waals surface area contributed by atoms with Crippen LogP contribution in [0.1, 0.15) is 21.7 Å². The van der Waals surface area contributed by atoms with Crippen LogP contribution in [-0.4, -0.2) is 24.5 Å². The van der Waals surface area contributed by atoms with E-state index in [1.807, 2.05) is 6.92 Å². The van der Waals surface area contributed by atoms with E-state index in [2.05, 4.69) is 9.71 Å². The van der Waals surface area contributed by atoms with Gasteiger partial charge in [0.2, 0.25) is 10.9 Å². The van der Waals surface area contributed by atoms with Gasteiger partial charge in [0.15, 0.2) is 0 Å². The summed E-state index contributed by atoms with van der Waals surface area (Å²) in [5.41, 5.74) is 1.62. The molecule has 2 aromatic rings. The van der Waals surface area contributed by atoms with Crippen LogP contribution in [0.4, 0.5) is 0 Å². The van der Waals surface area contributed by atoms with Gasteiger partial charge in [0.1, 0.15) is 0 Å². The maximum Gasteiger partial charge on any atom is 0.371 e. The van der Waals surface area contributed by atoms with Crippen molar-refractivity contribution in [3.05, 3.63) is 47.5 Å². The SMILES string of the molecule is Cc1ccncc1CNS(=O)(=O)c1ccc(C(=O)O)o1. The number of sulfonamides is 1. The second kappa shape index (κ2) is 5.43. The summed E-state index contributed by atoms with van der Waals surface area (Å²) in [4.78, 5) is 14.6. The molecule has 0 unspecified atom stereocenters. The number of rotatable bonds is 5. The van der Waals surface area contributed by atoms with E-state index >= 15 is 0 Å². The number of pyridine rings is 1. The highest BCUT2D eigenvalue weighted by Gasteiger charge is 2.20. The maximum absolute atomic E-state index is 11.9. The molecule has 0 amide bonds. The molecule has 20 heavy (non-hydrogen) atoms. The number of hydrogen-bond acceptors (Lipinski definition) is 5. The van der Waals surface area contributed by atoms with Crippen LogP contribution < -0.4 is 4.72 Å². The second-order valence-corrected chi connectivity index (χ2v) is 5.75. The first-order valence-corrected chi connectivity index (χ1v) is 7.11. The summed E-state index contributed by atoms with van der Waals surface area (Å²) in [6, 6.07) is 3.95. The van der Waals surface area contributed by atoms with Gasteiger partial charge in [-0.25, -0.2) is 17.9 Å². The molecular formula is C12H12N2O5S. The van der Waals surface area contributed by atoms with Crippen molar-refractivity contribution < 1.29 is 22.7 Å². The molecule has 0 saturated heterocycles. The van der Waals surface area contributed by atoms with Gasteiger partial charge in [-0.3, -0.25) is 4.98 Å². The number of carboxylic acid groups (broad SMARTS) is 1. The first kappa shape index (κ1) is 14.2. The minimum Gasteiger partial charge on any atom is -0.475 e. The lowest BCUT2D eigenvalue weighted by Gasteiger charge is -2.06. The third-order valence-electron chi connectivity index (χ3n) is 2.66. The van der Waals surface area contributed by atoms with Crippen molar-refractivity contribution in [1.29, 1.82) is 0 Å². The second-order valence-electron chi connectivity index (χ2n) is 4.05. The van der Waals surface area contributed by atoms with E-state index in [0.29, 0.717) is 0 Å².